The van der Waals surface area contributed by atoms with E-state index in [1.165, 1.54) is 24.3 Å². The van der Waals surface area contributed by atoms with Gasteiger partial charge in [0.05, 0.1) is 21.2 Å². The molecule has 0 aliphatic heterocycles. The number of nitro groups is 2. The van der Waals surface area contributed by atoms with Crippen LogP contribution in [0.5, 0.6) is 0 Å². The molecule has 3 aromatic carbocycles. The van der Waals surface area contributed by atoms with Gasteiger partial charge in [-0.05, 0) is 59.7 Å². The molecule has 4 rings (SSSR count). The number of nitrogens with zero attached hydrogens (tertiary/aromatic N) is 3. The molecule has 0 amide bonds. The number of pyridine rings is 1. The summed E-state index contributed by atoms with van der Waals surface area (Å²) < 4.78 is 0.955. The number of nitro benzene ring substituents is 2. The van der Waals surface area contributed by atoms with Gasteiger partial charge in [-0.15, -0.1) is 0 Å². The summed E-state index contributed by atoms with van der Waals surface area (Å²) in [6.45, 7) is 0. The van der Waals surface area contributed by atoms with Crippen LogP contribution in [0.3, 0.4) is 0 Å². The van der Waals surface area contributed by atoms with Crippen molar-refractivity contribution in [3.05, 3.63) is 110 Å². The Bertz CT molecular complexity index is 1200. The van der Waals surface area contributed by atoms with Crippen LogP contribution in [0.15, 0.2) is 89.4 Å². The zero-order valence-corrected chi connectivity index (χ0v) is 17.5. The summed E-state index contributed by atoms with van der Waals surface area (Å²) >= 11 is 3.43. The van der Waals surface area contributed by atoms with Crippen molar-refractivity contribution < 1.29 is 9.85 Å². The van der Waals surface area contributed by atoms with Crippen molar-refractivity contribution >= 4 is 27.3 Å². The number of hydrogen-bond acceptors (Lipinski definition) is 5. The summed E-state index contributed by atoms with van der Waals surface area (Å²) in [5, 5.41) is 21.9. The van der Waals surface area contributed by atoms with Gasteiger partial charge in [0.15, 0.2) is 0 Å². The molecule has 0 N–H and O–H groups in total. The maximum atomic E-state index is 11.0. The van der Waals surface area contributed by atoms with Crippen LogP contribution in [-0.2, 0) is 0 Å². The molecule has 0 saturated heterocycles. The first-order valence-electron chi connectivity index (χ1n) is 9.18. The lowest BCUT2D eigenvalue weighted by Crippen LogP contribution is -1.93. The van der Waals surface area contributed by atoms with Gasteiger partial charge in [-0.25, -0.2) is 4.98 Å². The third-order valence-electron chi connectivity index (χ3n) is 4.75. The molecular weight excluding hydrogens is 462 g/mol. The van der Waals surface area contributed by atoms with Crippen molar-refractivity contribution in [2.24, 2.45) is 0 Å². The van der Waals surface area contributed by atoms with Crippen molar-refractivity contribution in [2.75, 3.05) is 0 Å². The number of aromatic nitrogens is 1. The Morgan fingerprint density at radius 1 is 0.581 bits per heavy atom. The maximum absolute atomic E-state index is 11.0. The van der Waals surface area contributed by atoms with Crippen LogP contribution >= 0.6 is 15.9 Å². The highest BCUT2D eigenvalue weighted by molar-refractivity contribution is 9.10. The quantitative estimate of drug-likeness (QED) is 0.237. The van der Waals surface area contributed by atoms with Crippen LogP contribution in [0.25, 0.3) is 33.6 Å². The van der Waals surface area contributed by atoms with E-state index in [0.717, 1.165) is 26.7 Å². The van der Waals surface area contributed by atoms with E-state index in [2.05, 4.69) is 15.9 Å². The molecule has 0 atom stereocenters. The van der Waals surface area contributed by atoms with Crippen molar-refractivity contribution in [2.45, 2.75) is 0 Å². The van der Waals surface area contributed by atoms with E-state index in [4.69, 9.17) is 4.98 Å². The average molecular weight is 476 g/mol. The SMILES string of the molecule is O=[N+]([O-])c1ccc(-c2cc(-c3ccc(Br)cc3)cc(-c3ccc([N+](=O)[O-])cc3)n2)cc1. The van der Waals surface area contributed by atoms with E-state index in [-0.39, 0.29) is 11.4 Å². The predicted molar refractivity (Wildman–Crippen MR) is 122 cm³/mol. The van der Waals surface area contributed by atoms with E-state index in [1.54, 1.807) is 24.3 Å². The lowest BCUT2D eigenvalue weighted by molar-refractivity contribution is -0.385. The fourth-order valence-corrected chi connectivity index (χ4v) is 3.41. The largest absolute Gasteiger partial charge is 0.269 e. The lowest BCUT2D eigenvalue weighted by Gasteiger charge is -2.10. The monoisotopic (exact) mass is 475 g/mol. The molecule has 0 fully saturated rings. The Morgan fingerprint density at radius 2 is 0.968 bits per heavy atom. The Morgan fingerprint density at radius 3 is 1.35 bits per heavy atom. The molecule has 4 aromatic rings. The smallest absolute Gasteiger partial charge is 0.258 e. The molecule has 1 heterocycles. The fourth-order valence-electron chi connectivity index (χ4n) is 3.14. The van der Waals surface area contributed by atoms with Gasteiger partial charge in [-0.1, -0.05) is 28.1 Å². The zero-order valence-electron chi connectivity index (χ0n) is 15.9. The molecule has 0 spiro atoms. The summed E-state index contributed by atoms with van der Waals surface area (Å²) in [5.74, 6) is 0. The molecule has 0 aliphatic rings. The van der Waals surface area contributed by atoms with E-state index >= 15 is 0 Å². The molecule has 0 radical (unpaired) electrons. The highest BCUT2D eigenvalue weighted by Gasteiger charge is 2.12. The van der Waals surface area contributed by atoms with Gasteiger partial charge < -0.3 is 0 Å². The number of benzene rings is 3. The Labute approximate surface area is 185 Å². The number of non-ortho nitro benzene ring substituents is 2. The van der Waals surface area contributed by atoms with E-state index in [0.29, 0.717) is 11.4 Å². The molecule has 0 unspecified atom stereocenters. The lowest BCUT2D eigenvalue weighted by atomic mass is 10.00. The van der Waals surface area contributed by atoms with Crippen LogP contribution in [0, 0.1) is 20.2 Å². The van der Waals surface area contributed by atoms with Gasteiger partial charge in [0.25, 0.3) is 11.4 Å². The summed E-state index contributed by atoms with van der Waals surface area (Å²) in [4.78, 5) is 25.8. The van der Waals surface area contributed by atoms with Crippen LogP contribution in [-0.4, -0.2) is 14.8 Å². The second kappa shape index (κ2) is 8.45. The topological polar surface area (TPSA) is 99.2 Å². The highest BCUT2D eigenvalue weighted by Crippen LogP contribution is 2.32. The zero-order chi connectivity index (χ0) is 22.0. The number of halogens is 1. The molecular formula is C23H14BrN3O4. The third kappa shape index (κ3) is 4.49. The highest BCUT2D eigenvalue weighted by atomic mass is 79.9. The van der Waals surface area contributed by atoms with Crippen molar-refractivity contribution in [1.82, 2.24) is 4.98 Å². The van der Waals surface area contributed by atoms with Gasteiger partial charge in [0, 0.05) is 39.9 Å². The molecule has 31 heavy (non-hydrogen) atoms. The minimum absolute atomic E-state index is 0.00315. The first kappa shape index (κ1) is 20.4. The Hall–Kier alpha value is -3.91. The third-order valence-corrected chi connectivity index (χ3v) is 5.28. The van der Waals surface area contributed by atoms with Crippen LogP contribution in [0.4, 0.5) is 11.4 Å². The second-order valence-corrected chi connectivity index (χ2v) is 7.66. The van der Waals surface area contributed by atoms with Crippen LogP contribution < -0.4 is 0 Å². The van der Waals surface area contributed by atoms with Crippen molar-refractivity contribution in [3.63, 3.8) is 0 Å². The van der Waals surface area contributed by atoms with Crippen LogP contribution in [0.1, 0.15) is 0 Å². The molecule has 152 valence electrons. The predicted octanol–water partition coefficient (Wildman–Crippen LogP) is 6.66. The van der Waals surface area contributed by atoms with Crippen molar-refractivity contribution in [1.29, 1.82) is 0 Å². The van der Waals surface area contributed by atoms with Gasteiger partial charge in [0.1, 0.15) is 0 Å². The number of hydrogen-bond donors (Lipinski definition) is 0. The Kier molecular flexibility index (Phi) is 5.55. The van der Waals surface area contributed by atoms with Gasteiger partial charge in [-0.2, -0.15) is 0 Å². The first-order valence-corrected chi connectivity index (χ1v) is 9.98. The second-order valence-electron chi connectivity index (χ2n) is 6.74. The van der Waals surface area contributed by atoms with Gasteiger partial charge in [-0.3, -0.25) is 20.2 Å². The van der Waals surface area contributed by atoms with Gasteiger partial charge >= 0.3 is 0 Å². The average Bonchev–Trinajstić information content (AvgIpc) is 2.79. The number of rotatable bonds is 5. The first-order chi connectivity index (χ1) is 14.9. The summed E-state index contributed by atoms with van der Waals surface area (Å²) in [6.07, 6.45) is 0. The molecule has 0 saturated carbocycles. The van der Waals surface area contributed by atoms with E-state index in [1.807, 2.05) is 36.4 Å². The fraction of sp³-hybridized carbons (Fsp3) is 0. The molecule has 8 heteroatoms. The molecule has 7 nitrogen and oxygen atoms in total. The van der Waals surface area contributed by atoms with Gasteiger partial charge in [0.2, 0.25) is 0 Å². The molecule has 1 aromatic heterocycles. The maximum Gasteiger partial charge on any atom is 0.269 e. The van der Waals surface area contributed by atoms with Crippen molar-refractivity contribution in [3.8, 4) is 33.6 Å². The van der Waals surface area contributed by atoms with E-state index in [9.17, 15) is 20.2 Å². The minimum atomic E-state index is -0.447. The normalized spacial score (nSPS) is 10.6. The summed E-state index contributed by atoms with van der Waals surface area (Å²) in [7, 11) is 0. The summed E-state index contributed by atoms with van der Waals surface area (Å²) in [5.41, 5.74) is 4.63. The molecule has 0 bridgehead atoms. The van der Waals surface area contributed by atoms with Crippen LogP contribution in [0.2, 0.25) is 0 Å². The standard InChI is InChI=1S/C23H14BrN3O4/c24-19-7-1-15(2-8-19)18-13-22(16-3-9-20(10-4-16)26(28)29)25-23(14-18)17-5-11-21(12-6-17)27(30)31/h1-14H. The molecule has 0 aliphatic carbocycles. The van der Waals surface area contributed by atoms with E-state index < -0.39 is 9.85 Å². The minimum Gasteiger partial charge on any atom is -0.258 e. The Balaban J connectivity index is 1.84. The summed E-state index contributed by atoms with van der Waals surface area (Å²) in [6, 6.07) is 24.0.